The number of anilines is 2. The number of hydrogen-bond donors (Lipinski definition) is 2. The van der Waals surface area contributed by atoms with Crippen molar-refractivity contribution in [2.24, 2.45) is 5.92 Å². The Morgan fingerprint density at radius 3 is 3.22 bits per heavy atom. The summed E-state index contributed by atoms with van der Waals surface area (Å²) in [6, 6.07) is 1.96. The van der Waals surface area contributed by atoms with Gasteiger partial charge in [-0.15, -0.1) is 0 Å². The summed E-state index contributed by atoms with van der Waals surface area (Å²) in [6.07, 6.45) is 5.07. The van der Waals surface area contributed by atoms with Gasteiger partial charge >= 0.3 is 0 Å². The summed E-state index contributed by atoms with van der Waals surface area (Å²) in [4.78, 5) is 11.0. The third kappa shape index (κ3) is 3.32. The average Bonchev–Trinajstić information content (AvgIpc) is 2.40. The number of piperidine rings is 1. The Kier molecular flexibility index (Phi) is 4.75. The standard InChI is InChI=1S/C13H22N4O/c1-2-14-13-15-7-5-12(16-13)17-8-3-4-11(10-17)6-9-18/h5,7,11,18H,2-4,6,8-10H2,1H3,(H,14,15,16). The van der Waals surface area contributed by atoms with Crippen LogP contribution in [0.25, 0.3) is 0 Å². The van der Waals surface area contributed by atoms with Crippen LogP contribution >= 0.6 is 0 Å². The number of rotatable bonds is 5. The van der Waals surface area contributed by atoms with Crippen molar-refractivity contribution in [3.05, 3.63) is 12.3 Å². The second-order valence-electron chi connectivity index (χ2n) is 4.74. The smallest absolute Gasteiger partial charge is 0.224 e. The molecule has 5 nitrogen and oxygen atoms in total. The highest BCUT2D eigenvalue weighted by Gasteiger charge is 2.20. The van der Waals surface area contributed by atoms with Gasteiger partial charge in [0, 0.05) is 32.4 Å². The molecular weight excluding hydrogens is 228 g/mol. The van der Waals surface area contributed by atoms with Crippen molar-refractivity contribution in [3.8, 4) is 0 Å². The summed E-state index contributed by atoms with van der Waals surface area (Å²) in [6.45, 7) is 5.18. The summed E-state index contributed by atoms with van der Waals surface area (Å²) >= 11 is 0. The lowest BCUT2D eigenvalue weighted by Gasteiger charge is -2.33. The van der Waals surface area contributed by atoms with Crippen LogP contribution in [0.3, 0.4) is 0 Å². The quantitative estimate of drug-likeness (QED) is 0.829. The average molecular weight is 250 g/mol. The Bertz CT molecular complexity index is 370. The van der Waals surface area contributed by atoms with E-state index in [4.69, 9.17) is 5.11 Å². The van der Waals surface area contributed by atoms with Crippen molar-refractivity contribution in [2.45, 2.75) is 26.2 Å². The van der Waals surface area contributed by atoms with E-state index in [-0.39, 0.29) is 6.61 Å². The van der Waals surface area contributed by atoms with Crippen LogP contribution in [0.15, 0.2) is 12.3 Å². The van der Waals surface area contributed by atoms with E-state index in [9.17, 15) is 0 Å². The van der Waals surface area contributed by atoms with E-state index < -0.39 is 0 Å². The lowest BCUT2D eigenvalue weighted by atomic mass is 9.95. The number of aliphatic hydroxyl groups excluding tert-OH is 1. The first-order valence-corrected chi connectivity index (χ1v) is 6.76. The van der Waals surface area contributed by atoms with Crippen LogP contribution in [0.2, 0.25) is 0 Å². The van der Waals surface area contributed by atoms with Gasteiger partial charge in [0.2, 0.25) is 5.95 Å². The molecule has 0 saturated carbocycles. The first-order valence-electron chi connectivity index (χ1n) is 6.76. The normalized spacial score (nSPS) is 19.9. The molecule has 1 saturated heterocycles. The van der Waals surface area contributed by atoms with Crippen molar-refractivity contribution in [3.63, 3.8) is 0 Å². The molecule has 1 unspecified atom stereocenters. The fourth-order valence-corrected chi connectivity index (χ4v) is 2.46. The van der Waals surface area contributed by atoms with Gasteiger partial charge in [0.1, 0.15) is 5.82 Å². The van der Waals surface area contributed by atoms with Crippen LogP contribution in [0.1, 0.15) is 26.2 Å². The van der Waals surface area contributed by atoms with Gasteiger partial charge in [-0.2, -0.15) is 4.98 Å². The molecular formula is C13H22N4O. The lowest BCUT2D eigenvalue weighted by molar-refractivity contribution is 0.244. The Balaban J connectivity index is 2.03. The molecule has 0 bridgehead atoms. The largest absolute Gasteiger partial charge is 0.396 e. The Morgan fingerprint density at radius 1 is 1.56 bits per heavy atom. The number of aliphatic hydroxyl groups is 1. The Hall–Kier alpha value is -1.36. The molecule has 0 aliphatic carbocycles. The molecule has 18 heavy (non-hydrogen) atoms. The predicted octanol–water partition coefficient (Wildman–Crippen LogP) is 1.51. The van der Waals surface area contributed by atoms with Crippen molar-refractivity contribution < 1.29 is 5.11 Å². The maximum absolute atomic E-state index is 9.04. The van der Waals surface area contributed by atoms with Crippen molar-refractivity contribution in [2.75, 3.05) is 36.5 Å². The zero-order valence-electron chi connectivity index (χ0n) is 11.0. The molecule has 0 radical (unpaired) electrons. The van der Waals surface area contributed by atoms with Crippen LogP contribution in [0.4, 0.5) is 11.8 Å². The van der Waals surface area contributed by atoms with Crippen molar-refractivity contribution in [1.29, 1.82) is 0 Å². The van der Waals surface area contributed by atoms with E-state index in [0.29, 0.717) is 11.9 Å². The van der Waals surface area contributed by atoms with E-state index >= 15 is 0 Å². The zero-order chi connectivity index (χ0) is 12.8. The highest BCUT2D eigenvalue weighted by atomic mass is 16.3. The molecule has 5 heteroatoms. The number of aromatic nitrogens is 2. The molecule has 0 aromatic carbocycles. The van der Waals surface area contributed by atoms with Gasteiger partial charge in [-0.1, -0.05) is 0 Å². The van der Waals surface area contributed by atoms with Crippen LogP contribution in [0, 0.1) is 5.92 Å². The fourth-order valence-electron chi connectivity index (χ4n) is 2.46. The zero-order valence-corrected chi connectivity index (χ0v) is 11.0. The number of hydrogen-bond acceptors (Lipinski definition) is 5. The van der Waals surface area contributed by atoms with Gasteiger partial charge in [-0.3, -0.25) is 0 Å². The molecule has 1 aliphatic rings. The van der Waals surface area contributed by atoms with Crippen LogP contribution < -0.4 is 10.2 Å². The Labute approximate surface area is 108 Å². The minimum absolute atomic E-state index is 0.283. The summed E-state index contributed by atoms with van der Waals surface area (Å²) in [7, 11) is 0. The summed E-state index contributed by atoms with van der Waals surface area (Å²) in [5.41, 5.74) is 0. The molecule has 0 spiro atoms. The lowest BCUT2D eigenvalue weighted by Crippen LogP contribution is -2.36. The van der Waals surface area contributed by atoms with Gasteiger partial charge in [0.15, 0.2) is 0 Å². The monoisotopic (exact) mass is 250 g/mol. The van der Waals surface area contributed by atoms with Gasteiger partial charge < -0.3 is 15.3 Å². The van der Waals surface area contributed by atoms with Crippen molar-refractivity contribution in [1.82, 2.24) is 9.97 Å². The van der Waals surface area contributed by atoms with E-state index in [1.807, 2.05) is 13.0 Å². The van der Waals surface area contributed by atoms with E-state index in [1.165, 1.54) is 12.8 Å². The summed E-state index contributed by atoms with van der Waals surface area (Å²) < 4.78 is 0. The van der Waals surface area contributed by atoms with Gasteiger partial charge in [0.25, 0.3) is 0 Å². The topological polar surface area (TPSA) is 61.3 Å². The second kappa shape index (κ2) is 6.54. The molecule has 2 heterocycles. The Morgan fingerprint density at radius 2 is 2.44 bits per heavy atom. The summed E-state index contributed by atoms with van der Waals surface area (Å²) in [5, 5.41) is 12.2. The first kappa shape index (κ1) is 13.1. The fraction of sp³-hybridized carbons (Fsp3) is 0.692. The molecule has 1 aliphatic heterocycles. The molecule has 1 aromatic rings. The van der Waals surface area contributed by atoms with Crippen LogP contribution in [0.5, 0.6) is 0 Å². The van der Waals surface area contributed by atoms with E-state index in [2.05, 4.69) is 20.2 Å². The number of nitrogens with one attached hydrogen (secondary N) is 1. The first-order chi connectivity index (χ1) is 8.83. The molecule has 0 amide bonds. The minimum Gasteiger partial charge on any atom is -0.396 e. The third-order valence-electron chi connectivity index (χ3n) is 3.36. The van der Waals surface area contributed by atoms with Crippen LogP contribution in [-0.4, -0.2) is 41.3 Å². The third-order valence-corrected chi connectivity index (χ3v) is 3.36. The SMILES string of the molecule is CCNc1nccc(N2CCCC(CCO)C2)n1. The molecule has 100 valence electrons. The van der Waals surface area contributed by atoms with E-state index in [0.717, 1.165) is 31.9 Å². The highest BCUT2D eigenvalue weighted by molar-refractivity contribution is 5.42. The van der Waals surface area contributed by atoms with Gasteiger partial charge in [0.05, 0.1) is 0 Å². The van der Waals surface area contributed by atoms with Gasteiger partial charge in [-0.25, -0.2) is 4.98 Å². The van der Waals surface area contributed by atoms with Crippen LogP contribution in [-0.2, 0) is 0 Å². The molecule has 2 N–H and O–H groups in total. The molecule has 2 rings (SSSR count). The maximum Gasteiger partial charge on any atom is 0.224 e. The molecule has 1 atom stereocenters. The maximum atomic E-state index is 9.04. The summed E-state index contributed by atoms with van der Waals surface area (Å²) in [5.74, 6) is 2.27. The predicted molar refractivity (Wildman–Crippen MR) is 72.8 cm³/mol. The minimum atomic E-state index is 0.283. The van der Waals surface area contributed by atoms with E-state index in [1.54, 1.807) is 6.20 Å². The highest BCUT2D eigenvalue weighted by Crippen LogP contribution is 2.23. The molecule has 1 aromatic heterocycles. The number of nitrogens with zero attached hydrogens (tertiary/aromatic N) is 3. The second-order valence-corrected chi connectivity index (χ2v) is 4.74. The van der Waals surface area contributed by atoms with Crippen molar-refractivity contribution >= 4 is 11.8 Å². The molecule has 1 fully saturated rings. The van der Waals surface area contributed by atoms with Gasteiger partial charge in [-0.05, 0) is 38.2 Å².